The molecule has 142 valence electrons. The number of piperidine rings is 1. The number of carbonyl (C=O) groups is 2. The summed E-state index contributed by atoms with van der Waals surface area (Å²) in [5.74, 6) is -0.266. The predicted molar refractivity (Wildman–Crippen MR) is 88.5 cm³/mol. The normalized spacial score (nSPS) is 21.3. The van der Waals surface area contributed by atoms with E-state index in [1.807, 2.05) is 0 Å². The molecule has 0 bridgehead atoms. The summed E-state index contributed by atoms with van der Waals surface area (Å²) < 4.78 is 20.9. The van der Waals surface area contributed by atoms with Crippen LogP contribution in [0.15, 0.2) is 17.1 Å². The van der Waals surface area contributed by atoms with Crippen LogP contribution in [-0.4, -0.2) is 62.0 Å². The number of methoxy groups -OCH3 is 2. The summed E-state index contributed by atoms with van der Waals surface area (Å²) in [5, 5.41) is 0. The van der Waals surface area contributed by atoms with Crippen LogP contribution < -0.4 is 15.6 Å². The van der Waals surface area contributed by atoms with Crippen LogP contribution in [-0.2, 0) is 14.2 Å². The van der Waals surface area contributed by atoms with Crippen LogP contribution in [0.5, 0.6) is 5.75 Å². The van der Waals surface area contributed by atoms with Crippen molar-refractivity contribution in [2.75, 3.05) is 39.6 Å². The monoisotopic (exact) mass is 367 g/mol. The molecule has 2 atom stereocenters. The Hall–Kier alpha value is -2.75. The minimum absolute atomic E-state index is 0.0697. The van der Waals surface area contributed by atoms with Gasteiger partial charge >= 0.3 is 6.16 Å². The number of aromatic nitrogens is 1. The van der Waals surface area contributed by atoms with Crippen LogP contribution in [0.4, 0.5) is 4.79 Å². The number of nitrogens with zero attached hydrogens (tertiary/aromatic N) is 2. The topological polar surface area (TPSA) is 108 Å². The zero-order valence-electron chi connectivity index (χ0n) is 14.6. The second-order valence-corrected chi connectivity index (χ2v) is 6.09. The molecule has 10 heteroatoms. The first-order valence-electron chi connectivity index (χ1n) is 8.20. The fourth-order valence-electron chi connectivity index (χ4n) is 3.23. The number of pyridine rings is 1. The molecule has 1 amide bonds. The van der Waals surface area contributed by atoms with Crippen molar-refractivity contribution in [3.05, 3.63) is 28.2 Å². The van der Waals surface area contributed by atoms with Crippen LogP contribution in [0.2, 0.25) is 0 Å². The first-order chi connectivity index (χ1) is 12.5. The van der Waals surface area contributed by atoms with Gasteiger partial charge in [-0.2, -0.15) is 0 Å². The van der Waals surface area contributed by atoms with Crippen LogP contribution in [0.3, 0.4) is 0 Å². The van der Waals surface area contributed by atoms with Crippen molar-refractivity contribution < 1.29 is 28.5 Å². The summed E-state index contributed by atoms with van der Waals surface area (Å²) in [6.45, 7) is 0.544. The average molecular weight is 367 g/mol. The molecule has 3 heterocycles. The van der Waals surface area contributed by atoms with Gasteiger partial charge in [-0.3, -0.25) is 14.3 Å². The molecule has 3 rings (SSSR count). The zero-order chi connectivity index (χ0) is 18.7. The van der Waals surface area contributed by atoms with Crippen LogP contribution in [0.1, 0.15) is 23.3 Å². The maximum absolute atomic E-state index is 13.0. The van der Waals surface area contributed by atoms with Crippen molar-refractivity contribution in [1.82, 2.24) is 9.58 Å². The van der Waals surface area contributed by atoms with Crippen molar-refractivity contribution in [2.24, 2.45) is 5.92 Å². The highest BCUT2D eigenvalue weighted by molar-refractivity contribution is 5.96. The van der Waals surface area contributed by atoms with E-state index in [2.05, 4.69) is 14.9 Å². The first kappa shape index (κ1) is 18.1. The fraction of sp³-hybridized carbons (Fsp3) is 0.562. The quantitative estimate of drug-likeness (QED) is 0.587. The summed E-state index contributed by atoms with van der Waals surface area (Å²) in [5.41, 5.74) is 2.79. The van der Waals surface area contributed by atoms with E-state index in [-0.39, 0.29) is 29.4 Å². The summed E-state index contributed by atoms with van der Waals surface area (Å²) >= 11 is 0. The Morgan fingerprint density at radius 2 is 2.12 bits per heavy atom. The standard InChI is InChI=1S/C16H21N3O7/c1-23-8-10-3-4-12-17-19-6-5-11(20)14(25-9-26-16(22)24-2)13(19)15(21)18(12)7-10/h5-6,10,12,17H,3-4,7-9H2,1-2H3/t10?,12-/m0/s1. The van der Waals surface area contributed by atoms with E-state index < -0.39 is 18.4 Å². The number of carbonyl (C=O) groups excluding carboxylic acids is 2. The third-order valence-corrected chi connectivity index (χ3v) is 4.43. The Morgan fingerprint density at radius 3 is 2.85 bits per heavy atom. The highest BCUT2D eigenvalue weighted by Gasteiger charge is 2.39. The van der Waals surface area contributed by atoms with Gasteiger partial charge in [0.25, 0.3) is 5.91 Å². The molecular weight excluding hydrogens is 346 g/mol. The van der Waals surface area contributed by atoms with Gasteiger partial charge in [-0.25, -0.2) is 4.79 Å². The lowest BCUT2D eigenvalue weighted by molar-refractivity contribution is 0.0126. The average Bonchev–Trinajstić information content (AvgIpc) is 2.64. The maximum atomic E-state index is 13.0. The third kappa shape index (κ3) is 3.45. The van der Waals surface area contributed by atoms with Crippen molar-refractivity contribution in [2.45, 2.75) is 19.0 Å². The molecule has 1 N–H and O–H groups in total. The molecule has 0 saturated carbocycles. The van der Waals surface area contributed by atoms with Gasteiger partial charge in [0.05, 0.1) is 13.7 Å². The van der Waals surface area contributed by atoms with Gasteiger partial charge in [-0.05, 0) is 12.8 Å². The van der Waals surface area contributed by atoms with Crippen LogP contribution >= 0.6 is 0 Å². The van der Waals surface area contributed by atoms with E-state index in [1.54, 1.807) is 12.0 Å². The molecule has 0 aliphatic carbocycles. The highest BCUT2D eigenvalue weighted by Crippen LogP contribution is 2.28. The molecule has 1 saturated heterocycles. The Bertz CT molecular complexity index is 748. The molecule has 1 fully saturated rings. The molecule has 2 aliphatic heterocycles. The van der Waals surface area contributed by atoms with E-state index in [4.69, 9.17) is 9.47 Å². The van der Waals surface area contributed by atoms with Crippen molar-refractivity contribution in [3.8, 4) is 5.75 Å². The smallest absolute Gasteiger partial charge is 0.451 e. The summed E-state index contributed by atoms with van der Waals surface area (Å²) in [6, 6.07) is 1.28. The Kier molecular flexibility index (Phi) is 5.31. The molecular formula is C16H21N3O7. The number of rotatable bonds is 5. The number of ether oxygens (including phenoxy) is 4. The van der Waals surface area contributed by atoms with Gasteiger partial charge in [0.1, 0.15) is 6.17 Å². The van der Waals surface area contributed by atoms with Gasteiger partial charge < -0.3 is 29.3 Å². The fourth-order valence-corrected chi connectivity index (χ4v) is 3.23. The van der Waals surface area contributed by atoms with Crippen LogP contribution in [0.25, 0.3) is 0 Å². The lowest BCUT2D eigenvalue weighted by Crippen LogP contribution is -2.58. The van der Waals surface area contributed by atoms with Gasteiger partial charge in [-0.1, -0.05) is 0 Å². The van der Waals surface area contributed by atoms with Gasteiger partial charge in [0.15, 0.2) is 5.69 Å². The second kappa shape index (κ2) is 7.65. The predicted octanol–water partition coefficient (Wildman–Crippen LogP) is 0.349. The van der Waals surface area contributed by atoms with Crippen molar-refractivity contribution >= 4 is 12.1 Å². The minimum Gasteiger partial charge on any atom is -0.451 e. The number of fused-ring (bicyclic) bond motifs is 2. The van der Waals surface area contributed by atoms with E-state index in [0.717, 1.165) is 20.0 Å². The number of nitrogens with one attached hydrogen (secondary N) is 1. The Balaban J connectivity index is 1.84. The molecule has 0 aromatic carbocycles. The second-order valence-electron chi connectivity index (χ2n) is 6.09. The largest absolute Gasteiger partial charge is 0.510 e. The van der Waals surface area contributed by atoms with Gasteiger partial charge in [-0.15, -0.1) is 0 Å². The van der Waals surface area contributed by atoms with E-state index in [9.17, 15) is 14.4 Å². The zero-order valence-corrected chi connectivity index (χ0v) is 14.6. The lowest BCUT2D eigenvalue weighted by atomic mass is 9.96. The number of hydrogen-bond acceptors (Lipinski definition) is 8. The number of amides is 1. The maximum Gasteiger partial charge on any atom is 0.510 e. The van der Waals surface area contributed by atoms with E-state index >= 15 is 0 Å². The van der Waals surface area contributed by atoms with Gasteiger partial charge in [0, 0.05) is 31.8 Å². The molecule has 26 heavy (non-hydrogen) atoms. The molecule has 2 aliphatic rings. The minimum atomic E-state index is -0.946. The SMILES string of the molecule is COCC1CC[C@H]2Nn3ccc(=O)c(OCOC(=O)OC)c3C(=O)N2C1. The molecule has 1 unspecified atom stereocenters. The lowest BCUT2D eigenvalue weighted by Gasteiger charge is -2.44. The molecule has 0 spiro atoms. The molecule has 1 aromatic heterocycles. The summed E-state index contributed by atoms with van der Waals surface area (Å²) in [6.07, 6.45) is 2.08. The summed E-state index contributed by atoms with van der Waals surface area (Å²) in [4.78, 5) is 37.9. The molecule has 10 nitrogen and oxygen atoms in total. The highest BCUT2D eigenvalue weighted by atomic mass is 16.8. The Morgan fingerprint density at radius 1 is 1.31 bits per heavy atom. The first-order valence-corrected chi connectivity index (χ1v) is 8.20. The molecule has 1 aromatic rings. The molecule has 0 radical (unpaired) electrons. The number of hydrogen-bond donors (Lipinski definition) is 1. The van der Waals surface area contributed by atoms with Crippen LogP contribution in [0, 0.1) is 5.92 Å². The Labute approximate surface area is 149 Å². The van der Waals surface area contributed by atoms with E-state index in [0.29, 0.717) is 13.2 Å². The third-order valence-electron chi connectivity index (χ3n) is 4.43. The summed E-state index contributed by atoms with van der Waals surface area (Å²) in [7, 11) is 2.78. The van der Waals surface area contributed by atoms with Crippen molar-refractivity contribution in [1.29, 1.82) is 0 Å². The van der Waals surface area contributed by atoms with Crippen molar-refractivity contribution in [3.63, 3.8) is 0 Å². The van der Waals surface area contributed by atoms with E-state index in [1.165, 1.54) is 16.9 Å². The van der Waals surface area contributed by atoms with Gasteiger partial charge in [0.2, 0.25) is 18.0 Å².